The van der Waals surface area contributed by atoms with Gasteiger partial charge in [-0.05, 0) is 65.4 Å². The van der Waals surface area contributed by atoms with Crippen molar-refractivity contribution in [1.29, 1.82) is 5.26 Å². The first-order chi connectivity index (χ1) is 15.1. The van der Waals surface area contributed by atoms with E-state index in [0.717, 1.165) is 22.2 Å². The fourth-order valence-electron chi connectivity index (χ4n) is 2.95. The van der Waals surface area contributed by atoms with Crippen molar-refractivity contribution in [3.63, 3.8) is 0 Å². The fraction of sp³-hybridized carbons (Fsp3) is 0.0833. The van der Waals surface area contributed by atoms with E-state index in [-0.39, 0.29) is 0 Å². The predicted octanol–water partition coefficient (Wildman–Crippen LogP) is 6.46. The van der Waals surface area contributed by atoms with E-state index in [1.165, 1.54) is 11.8 Å². The topological polar surface area (TPSA) is 70.9 Å². The molecule has 4 rings (SSSR count). The van der Waals surface area contributed by atoms with Gasteiger partial charge in [0.25, 0.3) is 0 Å². The molecule has 0 atom stereocenters. The third kappa shape index (κ3) is 5.21. The Hall–Kier alpha value is -3.40. The molecular formula is C24H18ClN3O2S. The van der Waals surface area contributed by atoms with E-state index < -0.39 is 0 Å². The number of halogens is 1. The molecule has 154 valence electrons. The Kier molecular flexibility index (Phi) is 6.46. The van der Waals surface area contributed by atoms with Gasteiger partial charge in [0.2, 0.25) is 0 Å². The third-order valence-corrected chi connectivity index (χ3v) is 5.55. The van der Waals surface area contributed by atoms with Gasteiger partial charge in [0.05, 0.1) is 23.0 Å². The second-order valence-corrected chi connectivity index (χ2v) is 8.07. The molecule has 0 aliphatic heterocycles. The number of H-pyrrole nitrogens is 1. The van der Waals surface area contributed by atoms with Crippen molar-refractivity contribution in [2.24, 2.45) is 0 Å². The fourth-order valence-corrected chi connectivity index (χ4v) is 3.83. The largest absolute Gasteiger partial charge is 0.493 e. The third-order valence-electron chi connectivity index (χ3n) is 4.48. The summed E-state index contributed by atoms with van der Waals surface area (Å²) in [6, 6.07) is 23.0. The lowest BCUT2D eigenvalue weighted by Crippen LogP contribution is -1.97. The monoisotopic (exact) mass is 447 g/mol. The Morgan fingerprint density at radius 1 is 1.13 bits per heavy atom. The molecule has 5 nitrogen and oxygen atoms in total. The van der Waals surface area contributed by atoms with Gasteiger partial charge in [-0.2, -0.15) is 5.26 Å². The van der Waals surface area contributed by atoms with Crippen molar-refractivity contribution >= 4 is 40.5 Å². The number of hydrogen-bond acceptors (Lipinski definition) is 5. The van der Waals surface area contributed by atoms with Crippen LogP contribution in [0.2, 0.25) is 5.02 Å². The van der Waals surface area contributed by atoms with Crippen molar-refractivity contribution in [2.75, 3.05) is 7.11 Å². The van der Waals surface area contributed by atoms with Crippen LogP contribution in [0.15, 0.2) is 76.8 Å². The molecule has 1 aromatic heterocycles. The van der Waals surface area contributed by atoms with Gasteiger partial charge in [-0.25, -0.2) is 4.98 Å². The number of benzene rings is 3. The highest BCUT2D eigenvalue weighted by Gasteiger charge is 2.09. The molecule has 0 fully saturated rings. The van der Waals surface area contributed by atoms with E-state index >= 15 is 0 Å². The standard InChI is InChI=1S/C24H18ClN3O2S/c1-29-23-13-17(8-11-22(23)30-15-16-6-9-18(25)10-7-16)12-19(14-26)31-24-27-20-4-2-3-5-21(20)28-24/h2-13H,15H2,1H3,(H,27,28)/b19-12+. The lowest BCUT2D eigenvalue weighted by atomic mass is 10.2. The molecule has 0 aliphatic rings. The number of hydrogen-bond donors (Lipinski definition) is 1. The number of aromatic amines is 1. The van der Waals surface area contributed by atoms with E-state index in [0.29, 0.717) is 33.2 Å². The number of methoxy groups -OCH3 is 1. The summed E-state index contributed by atoms with van der Waals surface area (Å²) in [6.45, 7) is 0.397. The Labute approximate surface area is 189 Å². The Morgan fingerprint density at radius 3 is 2.68 bits per heavy atom. The smallest absolute Gasteiger partial charge is 0.171 e. The SMILES string of the molecule is COc1cc(/C=C(\C#N)Sc2nc3ccccc3[nH]2)ccc1OCc1ccc(Cl)cc1. The average molecular weight is 448 g/mol. The summed E-state index contributed by atoms with van der Waals surface area (Å²) in [5, 5.41) is 10.9. The molecule has 1 heterocycles. The van der Waals surface area contributed by atoms with E-state index in [1.807, 2.05) is 66.7 Å². The average Bonchev–Trinajstić information content (AvgIpc) is 3.21. The molecule has 1 N–H and O–H groups in total. The zero-order valence-electron chi connectivity index (χ0n) is 16.6. The highest BCUT2D eigenvalue weighted by atomic mass is 35.5. The van der Waals surface area contributed by atoms with Crippen molar-refractivity contribution in [2.45, 2.75) is 11.8 Å². The summed E-state index contributed by atoms with van der Waals surface area (Å²) < 4.78 is 11.4. The van der Waals surface area contributed by atoms with E-state index in [4.69, 9.17) is 21.1 Å². The molecule has 0 unspecified atom stereocenters. The van der Waals surface area contributed by atoms with Crippen molar-refractivity contribution < 1.29 is 9.47 Å². The van der Waals surface area contributed by atoms with E-state index in [1.54, 1.807) is 13.2 Å². The maximum Gasteiger partial charge on any atom is 0.171 e. The molecule has 0 saturated heterocycles. The van der Waals surface area contributed by atoms with Crippen LogP contribution >= 0.6 is 23.4 Å². The van der Waals surface area contributed by atoms with Gasteiger partial charge in [0.1, 0.15) is 12.7 Å². The van der Waals surface area contributed by atoms with Crippen molar-refractivity contribution in [3.05, 3.63) is 87.8 Å². The maximum atomic E-state index is 9.59. The highest BCUT2D eigenvalue weighted by molar-refractivity contribution is 8.03. The minimum atomic E-state index is 0.397. The lowest BCUT2D eigenvalue weighted by molar-refractivity contribution is 0.284. The number of thioether (sulfide) groups is 1. The van der Waals surface area contributed by atoms with Gasteiger partial charge in [0.15, 0.2) is 16.7 Å². The number of rotatable bonds is 7. The van der Waals surface area contributed by atoms with Gasteiger partial charge < -0.3 is 14.5 Å². The van der Waals surface area contributed by atoms with E-state index in [9.17, 15) is 5.26 Å². The van der Waals surface area contributed by atoms with Crippen LogP contribution < -0.4 is 9.47 Å². The summed E-state index contributed by atoms with van der Waals surface area (Å²) in [6.07, 6.45) is 1.79. The first-order valence-corrected chi connectivity index (χ1v) is 10.6. The zero-order valence-corrected chi connectivity index (χ0v) is 18.2. The number of para-hydroxylation sites is 2. The second kappa shape index (κ2) is 9.61. The summed E-state index contributed by atoms with van der Waals surface area (Å²) >= 11 is 7.21. The van der Waals surface area contributed by atoms with Crippen LogP contribution in [0.1, 0.15) is 11.1 Å². The number of allylic oxidation sites excluding steroid dienone is 1. The Morgan fingerprint density at radius 2 is 1.94 bits per heavy atom. The van der Waals surface area contributed by atoms with Crippen LogP contribution in [0.5, 0.6) is 11.5 Å². The van der Waals surface area contributed by atoms with Crippen molar-refractivity contribution in [3.8, 4) is 17.6 Å². The number of ether oxygens (including phenoxy) is 2. The van der Waals surface area contributed by atoms with Crippen molar-refractivity contribution in [1.82, 2.24) is 9.97 Å². The first-order valence-electron chi connectivity index (χ1n) is 9.44. The number of imidazole rings is 1. The molecule has 0 bridgehead atoms. The molecule has 0 aliphatic carbocycles. The second-order valence-electron chi connectivity index (χ2n) is 6.61. The summed E-state index contributed by atoms with van der Waals surface area (Å²) in [4.78, 5) is 8.24. The quantitative estimate of drug-likeness (QED) is 0.260. The van der Waals surface area contributed by atoms with Crippen LogP contribution in [0.4, 0.5) is 0 Å². The summed E-state index contributed by atoms with van der Waals surface area (Å²) in [5.74, 6) is 1.21. The molecule has 3 aromatic carbocycles. The number of nitrogens with one attached hydrogen (secondary N) is 1. The molecule has 0 spiro atoms. The van der Waals surface area contributed by atoms with Crippen LogP contribution in [0.25, 0.3) is 17.1 Å². The van der Waals surface area contributed by atoms with Gasteiger partial charge in [-0.1, -0.05) is 41.9 Å². The van der Waals surface area contributed by atoms with Crippen LogP contribution in [-0.2, 0) is 6.61 Å². The molecule has 0 radical (unpaired) electrons. The molecular weight excluding hydrogens is 430 g/mol. The lowest BCUT2D eigenvalue weighted by Gasteiger charge is -2.11. The van der Waals surface area contributed by atoms with Gasteiger partial charge in [-0.3, -0.25) is 0 Å². The summed E-state index contributed by atoms with van der Waals surface area (Å²) in [5.41, 5.74) is 3.64. The normalized spacial score (nSPS) is 11.3. The minimum Gasteiger partial charge on any atom is -0.493 e. The first kappa shape index (κ1) is 20.9. The zero-order chi connectivity index (χ0) is 21.6. The molecule has 4 aromatic rings. The molecule has 7 heteroatoms. The van der Waals surface area contributed by atoms with Gasteiger partial charge in [-0.15, -0.1) is 0 Å². The molecule has 0 amide bonds. The van der Waals surface area contributed by atoms with Crippen LogP contribution in [0, 0.1) is 11.3 Å². The maximum absolute atomic E-state index is 9.59. The highest BCUT2D eigenvalue weighted by Crippen LogP contribution is 2.32. The molecule has 31 heavy (non-hydrogen) atoms. The van der Waals surface area contributed by atoms with Crippen LogP contribution in [-0.4, -0.2) is 17.1 Å². The predicted molar refractivity (Wildman–Crippen MR) is 124 cm³/mol. The number of fused-ring (bicyclic) bond motifs is 1. The van der Waals surface area contributed by atoms with Gasteiger partial charge >= 0.3 is 0 Å². The van der Waals surface area contributed by atoms with Gasteiger partial charge in [0, 0.05) is 5.02 Å². The Balaban J connectivity index is 1.50. The summed E-state index contributed by atoms with van der Waals surface area (Å²) in [7, 11) is 1.59. The number of aromatic nitrogens is 2. The number of nitriles is 1. The van der Waals surface area contributed by atoms with Crippen LogP contribution in [0.3, 0.4) is 0 Å². The molecule has 0 saturated carbocycles. The number of nitrogens with zero attached hydrogens (tertiary/aromatic N) is 2. The minimum absolute atomic E-state index is 0.397. The van der Waals surface area contributed by atoms with E-state index in [2.05, 4.69) is 16.0 Å². The Bertz CT molecular complexity index is 1240.